The zero-order chi connectivity index (χ0) is 11.4. The molecule has 0 fully saturated rings. The monoisotopic (exact) mass is 211 g/mol. The molecule has 5 heteroatoms. The Morgan fingerprint density at radius 2 is 2.33 bits per heavy atom. The molecule has 1 heterocycles. The van der Waals surface area contributed by atoms with Crippen LogP contribution in [0.2, 0.25) is 0 Å². The van der Waals surface area contributed by atoms with E-state index in [-0.39, 0.29) is 12.2 Å². The summed E-state index contributed by atoms with van der Waals surface area (Å²) in [6.45, 7) is 4.11. The highest BCUT2D eigenvalue weighted by Crippen LogP contribution is 2.02. The molecule has 15 heavy (non-hydrogen) atoms. The second-order valence-corrected chi connectivity index (χ2v) is 3.74. The Morgan fingerprint density at radius 1 is 1.67 bits per heavy atom. The Bertz CT molecular complexity index is 333. The van der Waals surface area contributed by atoms with Gasteiger partial charge in [0, 0.05) is 26.5 Å². The fraction of sp³-hybridized carbons (Fsp3) is 0.600. The summed E-state index contributed by atoms with van der Waals surface area (Å²) in [5.74, 6) is 0.832. The smallest absolute Gasteiger partial charge is 0.410 e. The van der Waals surface area contributed by atoms with Crippen molar-refractivity contribution < 1.29 is 9.53 Å². The third kappa shape index (κ3) is 3.27. The van der Waals surface area contributed by atoms with Crippen LogP contribution in [0.4, 0.5) is 4.79 Å². The van der Waals surface area contributed by atoms with Crippen molar-refractivity contribution in [2.24, 2.45) is 7.05 Å². The van der Waals surface area contributed by atoms with Gasteiger partial charge in [0.1, 0.15) is 5.82 Å². The number of aromatic nitrogens is 2. The van der Waals surface area contributed by atoms with Crippen molar-refractivity contribution in [3.05, 3.63) is 18.2 Å². The minimum atomic E-state index is -0.326. The predicted octanol–water partition coefficient (Wildman–Crippen LogP) is 1.40. The van der Waals surface area contributed by atoms with Crippen molar-refractivity contribution in [1.82, 2.24) is 14.5 Å². The van der Waals surface area contributed by atoms with Crippen LogP contribution in [-0.2, 0) is 18.3 Å². The molecule has 0 aliphatic heterocycles. The standard InChI is InChI=1S/C10H17N3O2/c1-8(2)15-10(14)13(4)7-9-11-5-6-12(9)3/h5-6,8H,7H2,1-4H3. The maximum atomic E-state index is 11.5. The molecule has 1 amide bonds. The van der Waals surface area contributed by atoms with Gasteiger partial charge in [-0.05, 0) is 13.8 Å². The van der Waals surface area contributed by atoms with Crippen LogP contribution in [0.1, 0.15) is 19.7 Å². The zero-order valence-corrected chi connectivity index (χ0v) is 9.60. The third-order valence-electron chi connectivity index (χ3n) is 1.95. The number of hydrogen-bond donors (Lipinski definition) is 0. The van der Waals surface area contributed by atoms with Gasteiger partial charge in [-0.25, -0.2) is 9.78 Å². The van der Waals surface area contributed by atoms with Gasteiger partial charge in [0.05, 0.1) is 12.6 Å². The van der Waals surface area contributed by atoms with E-state index in [4.69, 9.17) is 4.74 Å². The minimum Gasteiger partial charge on any atom is -0.447 e. The Balaban J connectivity index is 2.52. The van der Waals surface area contributed by atoms with Crippen molar-refractivity contribution in [3.63, 3.8) is 0 Å². The average molecular weight is 211 g/mol. The summed E-state index contributed by atoms with van der Waals surface area (Å²) in [6.07, 6.45) is 3.13. The molecule has 0 aliphatic rings. The first-order valence-corrected chi connectivity index (χ1v) is 4.88. The molecule has 1 rings (SSSR count). The molecule has 0 N–H and O–H groups in total. The number of amides is 1. The summed E-state index contributed by atoms with van der Waals surface area (Å²) >= 11 is 0. The van der Waals surface area contributed by atoms with Crippen molar-refractivity contribution >= 4 is 6.09 Å². The van der Waals surface area contributed by atoms with Gasteiger partial charge in [-0.15, -0.1) is 0 Å². The Morgan fingerprint density at radius 3 is 2.80 bits per heavy atom. The molecule has 84 valence electrons. The first-order valence-electron chi connectivity index (χ1n) is 4.88. The number of imidazole rings is 1. The number of aryl methyl sites for hydroxylation is 1. The molecule has 0 radical (unpaired) electrons. The summed E-state index contributed by atoms with van der Waals surface area (Å²) in [6, 6.07) is 0. The SMILES string of the molecule is CC(C)OC(=O)N(C)Cc1nccn1C. The lowest BCUT2D eigenvalue weighted by Gasteiger charge is -2.18. The van der Waals surface area contributed by atoms with E-state index in [9.17, 15) is 4.79 Å². The van der Waals surface area contributed by atoms with E-state index < -0.39 is 0 Å². The number of nitrogens with zero attached hydrogens (tertiary/aromatic N) is 3. The van der Waals surface area contributed by atoms with Crippen LogP contribution in [0.25, 0.3) is 0 Å². The number of carbonyl (C=O) groups is 1. The number of carbonyl (C=O) groups excluding carboxylic acids is 1. The van der Waals surface area contributed by atoms with Crippen LogP contribution < -0.4 is 0 Å². The zero-order valence-electron chi connectivity index (χ0n) is 9.60. The normalized spacial score (nSPS) is 10.5. The Kier molecular flexibility index (Phi) is 3.71. The van der Waals surface area contributed by atoms with Crippen molar-refractivity contribution in [3.8, 4) is 0 Å². The maximum Gasteiger partial charge on any atom is 0.410 e. The van der Waals surface area contributed by atoms with E-state index in [1.807, 2.05) is 31.7 Å². The summed E-state index contributed by atoms with van der Waals surface area (Å²) < 4.78 is 6.92. The van der Waals surface area contributed by atoms with E-state index in [0.717, 1.165) is 5.82 Å². The molecular formula is C10H17N3O2. The van der Waals surface area contributed by atoms with Gasteiger partial charge in [0.15, 0.2) is 0 Å². The van der Waals surface area contributed by atoms with Gasteiger partial charge in [-0.3, -0.25) is 0 Å². The summed E-state index contributed by atoms with van der Waals surface area (Å²) in [5, 5.41) is 0. The lowest BCUT2D eigenvalue weighted by molar-refractivity contribution is 0.0814. The largest absolute Gasteiger partial charge is 0.447 e. The molecule has 0 saturated carbocycles. The molecular weight excluding hydrogens is 194 g/mol. The van der Waals surface area contributed by atoms with Crippen molar-refractivity contribution in [1.29, 1.82) is 0 Å². The van der Waals surface area contributed by atoms with Crippen LogP contribution in [0.15, 0.2) is 12.4 Å². The van der Waals surface area contributed by atoms with Gasteiger partial charge in [0.2, 0.25) is 0 Å². The molecule has 5 nitrogen and oxygen atoms in total. The maximum absolute atomic E-state index is 11.5. The predicted molar refractivity (Wildman–Crippen MR) is 56.3 cm³/mol. The fourth-order valence-corrected chi connectivity index (χ4v) is 1.12. The molecule has 0 unspecified atom stereocenters. The summed E-state index contributed by atoms with van der Waals surface area (Å²) in [5.41, 5.74) is 0. The van der Waals surface area contributed by atoms with Crippen LogP contribution >= 0.6 is 0 Å². The van der Waals surface area contributed by atoms with Crippen LogP contribution in [0, 0.1) is 0 Å². The first kappa shape index (κ1) is 11.6. The van der Waals surface area contributed by atoms with Gasteiger partial charge in [0.25, 0.3) is 0 Å². The number of hydrogen-bond acceptors (Lipinski definition) is 3. The number of rotatable bonds is 3. The van der Waals surface area contributed by atoms with Crippen molar-refractivity contribution in [2.75, 3.05) is 7.05 Å². The molecule has 0 atom stereocenters. The fourth-order valence-electron chi connectivity index (χ4n) is 1.12. The molecule has 1 aromatic rings. The molecule has 0 aromatic carbocycles. The summed E-state index contributed by atoms with van der Waals surface area (Å²) in [4.78, 5) is 17.1. The highest BCUT2D eigenvalue weighted by Gasteiger charge is 2.13. The van der Waals surface area contributed by atoms with E-state index in [0.29, 0.717) is 6.54 Å². The molecule has 1 aromatic heterocycles. The minimum absolute atomic E-state index is 0.0960. The molecule has 0 bridgehead atoms. The van der Waals surface area contributed by atoms with Crippen LogP contribution in [-0.4, -0.2) is 33.7 Å². The second kappa shape index (κ2) is 4.82. The van der Waals surface area contributed by atoms with Crippen LogP contribution in [0.5, 0.6) is 0 Å². The van der Waals surface area contributed by atoms with Gasteiger partial charge in [-0.1, -0.05) is 0 Å². The Labute approximate surface area is 89.7 Å². The van der Waals surface area contributed by atoms with Gasteiger partial charge >= 0.3 is 6.09 Å². The van der Waals surface area contributed by atoms with Gasteiger partial charge < -0.3 is 14.2 Å². The first-order chi connectivity index (χ1) is 7.00. The van der Waals surface area contributed by atoms with E-state index in [1.54, 1.807) is 13.2 Å². The van der Waals surface area contributed by atoms with Gasteiger partial charge in [-0.2, -0.15) is 0 Å². The summed E-state index contributed by atoms with van der Waals surface area (Å²) in [7, 11) is 3.59. The second-order valence-electron chi connectivity index (χ2n) is 3.74. The third-order valence-corrected chi connectivity index (χ3v) is 1.95. The molecule has 0 saturated heterocycles. The lowest BCUT2D eigenvalue weighted by atomic mass is 10.5. The highest BCUT2D eigenvalue weighted by molar-refractivity contribution is 5.67. The van der Waals surface area contributed by atoms with E-state index in [1.165, 1.54) is 4.90 Å². The van der Waals surface area contributed by atoms with E-state index >= 15 is 0 Å². The average Bonchev–Trinajstić information content (AvgIpc) is 2.50. The highest BCUT2D eigenvalue weighted by atomic mass is 16.6. The van der Waals surface area contributed by atoms with Crippen molar-refractivity contribution in [2.45, 2.75) is 26.5 Å². The number of ether oxygens (including phenoxy) is 1. The van der Waals surface area contributed by atoms with Crippen LogP contribution in [0.3, 0.4) is 0 Å². The molecule has 0 aliphatic carbocycles. The quantitative estimate of drug-likeness (QED) is 0.759. The molecule has 0 spiro atoms. The van der Waals surface area contributed by atoms with E-state index in [2.05, 4.69) is 4.98 Å². The lowest BCUT2D eigenvalue weighted by Crippen LogP contribution is -2.30. The Hall–Kier alpha value is -1.52. The topological polar surface area (TPSA) is 47.4 Å².